The largest absolute Gasteiger partial charge is 0.465 e. The number of carbonyl (C=O) groups excluding carboxylic acids is 5. The van der Waals surface area contributed by atoms with E-state index in [9.17, 15) is 24.0 Å². The van der Waals surface area contributed by atoms with Crippen molar-refractivity contribution in [1.29, 1.82) is 0 Å². The number of methoxy groups -OCH3 is 1. The molecule has 2 fully saturated rings. The summed E-state index contributed by atoms with van der Waals surface area (Å²) in [5, 5.41) is 0.0891. The SMILES string of the molecule is COC(=O)c1cc(N2C(=O)[C@@H]3[C@@H]4C=C[C@@](C(OC(C)=O)OC(C)=O)(O4)[C@@H]3C2=O)ccc1Cl. The van der Waals surface area contributed by atoms with Gasteiger partial charge in [-0.2, -0.15) is 0 Å². The number of ether oxygens (including phenoxy) is 4. The Balaban J connectivity index is 1.75. The van der Waals surface area contributed by atoms with Gasteiger partial charge in [-0.15, -0.1) is 0 Å². The van der Waals surface area contributed by atoms with Crippen LogP contribution in [0.5, 0.6) is 0 Å². The molecule has 168 valence electrons. The highest BCUT2D eigenvalue weighted by atomic mass is 35.5. The van der Waals surface area contributed by atoms with Crippen LogP contribution >= 0.6 is 11.6 Å². The molecule has 1 aromatic rings. The molecule has 32 heavy (non-hydrogen) atoms. The molecule has 0 saturated carbocycles. The molecule has 10 nitrogen and oxygen atoms in total. The second kappa shape index (κ2) is 7.72. The summed E-state index contributed by atoms with van der Waals surface area (Å²) in [6.45, 7) is 2.23. The Hall–Kier alpha value is -3.24. The summed E-state index contributed by atoms with van der Waals surface area (Å²) in [6.07, 6.45) is 0.687. The van der Waals surface area contributed by atoms with Gasteiger partial charge >= 0.3 is 17.9 Å². The lowest BCUT2D eigenvalue weighted by atomic mass is 9.76. The van der Waals surface area contributed by atoms with Crippen LogP contribution in [0, 0.1) is 11.8 Å². The molecule has 2 amide bonds. The fourth-order valence-electron chi connectivity index (χ4n) is 4.39. The van der Waals surface area contributed by atoms with E-state index < -0.39 is 59.6 Å². The van der Waals surface area contributed by atoms with Crippen LogP contribution in [0.3, 0.4) is 0 Å². The molecule has 0 aliphatic carbocycles. The number of halogens is 1. The van der Waals surface area contributed by atoms with Crippen molar-refractivity contribution in [3.05, 3.63) is 40.9 Å². The zero-order chi connectivity index (χ0) is 23.4. The summed E-state index contributed by atoms with van der Waals surface area (Å²) in [5.41, 5.74) is -1.56. The van der Waals surface area contributed by atoms with Gasteiger partial charge in [0.1, 0.15) is 0 Å². The maximum Gasteiger partial charge on any atom is 0.339 e. The van der Waals surface area contributed by atoms with E-state index in [4.69, 9.17) is 25.8 Å². The van der Waals surface area contributed by atoms with Gasteiger partial charge in [0.2, 0.25) is 11.8 Å². The number of carbonyl (C=O) groups is 5. The lowest BCUT2D eigenvalue weighted by molar-refractivity contribution is -0.226. The Kier molecular flexibility index (Phi) is 5.30. The molecule has 2 bridgehead atoms. The van der Waals surface area contributed by atoms with E-state index in [0.717, 1.165) is 18.7 Å². The van der Waals surface area contributed by atoms with E-state index >= 15 is 0 Å². The molecule has 2 saturated heterocycles. The standard InChI is InChI=1S/C21H18ClNO9/c1-9(24)30-20(31-10(2)25)21-7-6-14(32-21)15-16(21)18(27)23(17(15)26)11-4-5-13(22)12(8-11)19(28)29-3/h4-8,14-16,20H,1-3H3/t14-,15+,16-,21+/m0/s1. The van der Waals surface area contributed by atoms with E-state index in [2.05, 4.69) is 4.74 Å². The number of imide groups is 1. The smallest absolute Gasteiger partial charge is 0.339 e. The Morgan fingerprint density at radius 1 is 1.12 bits per heavy atom. The number of benzene rings is 1. The predicted molar refractivity (Wildman–Crippen MR) is 106 cm³/mol. The molecule has 0 N–H and O–H groups in total. The van der Waals surface area contributed by atoms with Gasteiger partial charge in [0.05, 0.1) is 41.3 Å². The number of anilines is 1. The molecular formula is C21H18ClNO9. The minimum atomic E-state index is -1.66. The first-order chi connectivity index (χ1) is 15.1. The Morgan fingerprint density at radius 3 is 2.38 bits per heavy atom. The van der Waals surface area contributed by atoms with E-state index in [1.807, 2.05) is 0 Å². The number of esters is 3. The monoisotopic (exact) mass is 463 g/mol. The molecule has 11 heteroatoms. The number of hydrogen-bond acceptors (Lipinski definition) is 9. The summed E-state index contributed by atoms with van der Waals surface area (Å²) >= 11 is 6.05. The van der Waals surface area contributed by atoms with Gasteiger partial charge < -0.3 is 18.9 Å². The molecule has 4 rings (SSSR count). The first-order valence-electron chi connectivity index (χ1n) is 9.58. The van der Waals surface area contributed by atoms with Crippen LogP contribution in [0.15, 0.2) is 30.4 Å². The topological polar surface area (TPSA) is 126 Å². The normalized spacial score (nSPS) is 27.7. The van der Waals surface area contributed by atoms with E-state index in [1.165, 1.54) is 31.4 Å². The minimum Gasteiger partial charge on any atom is -0.465 e. The van der Waals surface area contributed by atoms with Crippen molar-refractivity contribution in [2.45, 2.75) is 31.8 Å². The van der Waals surface area contributed by atoms with E-state index in [1.54, 1.807) is 6.08 Å². The second-order valence-corrected chi connectivity index (χ2v) is 7.92. The van der Waals surface area contributed by atoms with Gasteiger partial charge in [0.25, 0.3) is 6.29 Å². The summed E-state index contributed by atoms with van der Waals surface area (Å²) < 4.78 is 20.9. The maximum absolute atomic E-state index is 13.5. The van der Waals surface area contributed by atoms with Crippen LogP contribution in [0.25, 0.3) is 0 Å². The lowest BCUT2D eigenvalue weighted by Crippen LogP contribution is -2.52. The zero-order valence-corrected chi connectivity index (χ0v) is 18.0. The van der Waals surface area contributed by atoms with Crippen LogP contribution in [-0.2, 0) is 38.1 Å². The summed E-state index contributed by atoms with van der Waals surface area (Å²) in [4.78, 5) is 62.9. The quantitative estimate of drug-likeness (QED) is 0.275. The van der Waals surface area contributed by atoms with Gasteiger partial charge in [0, 0.05) is 13.8 Å². The number of hydrogen-bond donors (Lipinski definition) is 0. The predicted octanol–water partition coefficient (Wildman–Crippen LogP) is 1.39. The molecule has 0 aromatic heterocycles. The molecule has 3 aliphatic rings. The number of nitrogens with zero attached hydrogens (tertiary/aromatic N) is 1. The van der Waals surface area contributed by atoms with Crippen molar-refractivity contribution < 1.29 is 42.9 Å². The average Bonchev–Trinajstić information content (AvgIpc) is 3.38. The maximum atomic E-state index is 13.5. The molecule has 0 radical (unpaired) electrons. The van der Waals surface area contributed by atoms with Gasteiger partial charge in [-0.1, -0.05) is 17.7 Å². The van der Waals surface area contributed by atoms with E-state index in [-0.39, 0.29) is 16.3 Å². The summed E-state index contributed by atoms with van der Waals surface area (Å²) in [7, 11) is 1.18. The van der Waals surface area contributed by atoms with Crippen molar-refractivity contribution >= 4 is 47.0 Å². The fraction of sp³-hybridized carbons (Fsp3) is 0.381. The third-order valence-electron chi connectivity index (χ3n) is 5.61. The Morgan fingerprint density at radius 2 is 1.78 bits per heavy atom. The van der Waals surface area contributed by atoms with Gasteiger partial charge in [-0.25, -0.2) is 9.69 Å². The third-order valence-corrected chi connectivity index (χ3v) is 5.94. The average molecular weight is 464 g/mol. The van der Waals surface area contributed by atoms with E-state index in [0.29, 0.717) is 0 Å². The van der Waals surface area contributed by atoms with Crippen LogP contribution in [0.4, 0.5) is 5.69 Å². The minimum absolute atomic E-state index is 0.0194. The van der Waals surface area contributed by atoms with Crippen LogP contribution in [0.1, 0.15) is 24.2 Å². The van der Waals surface area contributed by atoms with Crippen molar-refractivity contribution in [3.63, 3.8) is 0 Å². The fourth-order valence-corrected chi connectivity index (χ4v) is 4.58. The van der Waals surface area contributed by atoms with Crippen LogP contribution in [-0.4, -0.2) is 54.8 Å². The highest BCUT2D eigenvalue weighted by Gasteiger charge is 2.72. The van der Waals surface area contributed by atoms with Gasteiger partial charge in [0.15, 0.2) is 5.60 Å². The molecule has 3 heterocycles. The third kappa shape index (κ3) is 3.18. The summed E-state index contributed by atoms with van der Waals surface area (Å²) in [5.74, 6) is -5.54. The molecule has 3 aliphatic heterocycles. The van der Waals surface area contributed by atoms with Crippen molar-refractivity contribution in [3.8, 4) is 0 Å². The van der Waals surface area contributed by atoms with Gasteiger partial charge in [-0.3, -0.25) is 19.2 Å². The van der Waals surface area contributed by atoms with Crippen molar-refractivity contribution in [1.82, 2.24) is 0 Å². The number of amides is 2. The first-order valence-corrected chi connectivity index (χ1v) is 9.95. The molecule has 1 aromatic carbocycles. The van der Waals surface area contributed by atoms with Crippen molar-refractivity contribution in [2.24, 2.45) is 11.8 Å². The van der Waals surface area contributed by atoms with Crippen LogP contribution < -0.4 is 4.90 Å². The van der Waals surface area contributed by atoms with Gasteiger partial charge in [-0.05, 0) is 24.3 Å². The molecule has 0 spiro atoms. The molecular weight excluding hydrogens is 446 g/mol. The highest BCUT2D eigenvalue weighted by Crippen LogP contribution is 2.54. The van der Waals surface area contributed by atoms with Crippen molar-refractivity contribution in [2.75, 3.05) is 12.0 Å². The zero-order valence-electron chi connectivity index (χ0n) is 17.2. The lowest BCUT2D eigenvalue weighted by Gasteiger charge is -2.34. The second-order valence-electron chi connectivity index (χ2n) is 7.52. The summed E-state index contributed by atoms with van der Waals surface area (Å²) in [6, 6.07) is 4.07. The Bertz CT molecular complexity index is 1070. The molecule has 4 atom stereocenters. The number of rotatable bonds is 5. The molecule has 0 unspecified atom stereocenters. The van der Waals surface area contributed by atoms with Crippen LogP contribution in [0.2, 0.25) is 5.02 Å². The Labute approximate surface area is 187 Å². The first kappa shape index (κ1) is 22.0. The highest BCUT2D eigenvalue weighted by molar-refractivity contribution is 6.34. The number of fused-ring (bicyclic) bond motifs is 5.